The molecule has 2 heterocycles. The van der Waals surface area contributed by atoms with Gasteiger partial charge in [0, 0.05) is 23.8 Å². The molecule has 2 atom stereocenters. The van der Waals surface area contributed by atoms with E-state index in [-0.39, 0.29) is 0 Å². The van der Waals surface area contributed by atoms with Crippen molar-refractivity contribution in [1.29, 1.82) is 0 Å². The van der Waals surface area contributed by atoms with Gasteiger partial charge in [-0.05, 0) is 46.0 Å². The molecule has 0 spiro atoms. The molecular weight excluding hydrogens is 222 g/mol. The summed E-state index contributed by atoms with van der Waals surface area (Å²) in [6.07, 6.45) is 13.4. The van der Waals surface area contributed by atoms with Gasteiger partial charge in [-0.15, -0.1) is 0 Å². The second-order valence-corrected chi connectivity index (χ2v) is 6.44. The van der Waals surface area contributed by atoms with Crippen LogP contribution in [-0.4, -0.2) is 15.6 Å². The maximum Gasteiger partial charge on any atom is 0.0953 e. The lowest BCUT2D eigenvalue weighted by atomic mass is 9.95. The first-order valence-electron chi connectivity index (χ1n) is 7.48. The second-order valence-electron chi connectivity index (χ2n) is 6.44. The van der Waals surface area contributed by atoms with Crippen LogP contribution in [0.4, 0.5) is 0 Å². The van der Waals surface area contributed by atoms with Gasteiger partial charge in [0.2, 0.25) is 0 Å². The molecule has 1 saturated carbocycles. The van der Waals surface area contributed by atoms with Crippen LogP contribution in [0, 0.1) is 0 Å². The van der Waals surface area contributed by atoms with E-state index in [4.69, 9.17) is 0 Å². The van der Waals surface area contributed by atoms with Gasteiger partial charge in [-0.2, -0.15) is 0 Å². The average molecular weight is 247 g/mol. The Balaban J connectivity index is 1.86. The molecule has 1 aromatic heterocycles. The summed E-state index contributed by atoms with van der Waals surface area (Å²) in [7, 11) is 0. The SMILES string of the molecule is CC1CCCC(c2cncn2C2(C)CCCC2)N1. The van der Waals surface area contributed by atoms with E-state index in [0.29, 0.717) is 17.6 Å². The summed E-state index contributed by atoms with van der Waals surface area (Å²) in [4.78, 5) is 4.44. The number of hydrogen-bond acceptors (Lipinski definition) is 2. The molecule has 2 unspecified atom stereocenters. The third kappa shape index (κ3) is 2.09. The Morgan fingerprint density at radius 1 is 1.28 bits per heavy atom. The van der Waals surface area contributed by atoms with E-state index >= 15 is 0 Å². The van der Waals surface area contributed by atoms with Gasteiger partial charge in [-0.25, -0.2) is 4.98 Å². The highest BCUT2D eigenvalue weighted by Gasteiger charge is 2.34. The minimum Gasteiger partial charge on any atom is -0.327 e. The number of aromatic nitrogens is 2. The van der Waals surface area contributed by atoms with E-state index in [1.54, 1.807) is 0 Å². The summed E-state index contributed by atoms with van der Waals surface area (Å²) in [6.45, 7) is 4.70. The van der Waals surface area contributed by atoms with Crippen LogP contribution in [0.2, 0.25) is 0 Å². The predicted molar refractivity (Wildman–Crippen MR) is 73.5 cm³/mol. The molecule has 3 heteroatoms. The van der Waals surface area contributed by atoms with E-state index in [2.05, 4.69) is 41.2 Å². The number of nitrogens with zero attached hydrogens (tertiary/aromatic N) is 2. The lowest BCUT2D eigenvalue weighted by Gasteiger charge is -2.34. The molecule has 1 aliphatic heterocycles. The summed E-state index contributed by atoms with van der Waals surface area (Å²) in [6, 6.07) is 1.15. The lowest BCUT2D eigenvalue weighted by molar-refractivity contribution is 0.280. The summed E-state index contributed by atoms with van der Waals surface area (Å²) < 4.78 is 2.47. The standard InChI is InChI=1S/C15H25N3/c1-12-6-5-7-13(17-12)14-10-16-11-18(14)15(2)8-3-4-9-15/h10-13,17H,3-9H2,1-2H3. The zero-order valence-electron chi connectivity index (χ0n) is 11.7. The van der Waals surface area contributed by atoms with Gasteiger partial charge in [0.05, 0.1) is 12.0 Å². The first kappa shape index (κ1) is 12.2. The molecule has 1 N–H and O–H groups in total. The normalized spacial score (nSPS) is 31.7. The van der Waals surface area contributed by atoms with E-state index in [1.165, 1.54) is 50.6 Å². The van der Waals surface area contributed by atoms with Crippen molar-refractivity contribution in [2.75, 3.05) is 0 Å². The highest BCUT2D eigenvalue weighted by atomic mass is 15.1. The van der Waals surface area contributed by atoms with Crippen LogP contribution in [-0.2, 0) is 5.54 Å². The molecule has 2 aliphatic rings. The fraction of sp³-hybridized carbons (Fsp3) is 0.800. The number of piperidine rings is 1. The quantitative estimate of drug-likeness (QED) is 0.868. The Morgan fingerprint density at radius 3 is 2.78 bits per heavy atom. The molecule has 18 heavy (non-hydrogen) atoms. The van der Waals surface area contributed by atoms with Gasteiger partial charge in [0.1, 0.15) is 0 Å². The van der Waals surface area contributed by atoms with Gasteiger partial charge in [0.25, 0.3) is 0 Å². The zero-order valence-corrected chi connectivity index (χ0v) is 11.7. The van der Waals surface area contributed by atoms with Crippen LogP contribution >= 0.6 is 0 Å². The van der Waals surface area contributed by atoms with Gasteiger partial charge >= 0.3 is 0 Å². The van der Waals surface area contributed by atoms with Crippen LogP contribution in [0.1, 0.15) is 70.5 Å². The first-order chi connectivity index (χ1) is 8.69. The minimum absolute atomic E-state index is 0.314. The maximum absolute atomic E-state index is 4.44. The number of hydrogen-bond donors (Lipinski definition) is 1. The maximum atomic E-state index is 4.44. The largest absolute Gasteiger partial charge is 0.327 e. The number of nitrogens with one attached hydrogen (secondary N) is 1. The second kappa shape index (κ2) is 4.69. The Morgan fingerprint density at radius 2 is 2.06 bits per heavy atom. The molecule has 0 amide bonds. The Hall–Kier alpha value is -0.830. The molecule has 1 aliphatic carbocycles. The van der Waals surface area contributed by atoms with E-state index in [0.717, 1.165) is 0 Å². The molecule has 100 valence electrons. The minimum atomic E-state index is 0.314. The summed E-state index contributed by atoms with van der Waals surface area (Å²) in [5, 5.41) is 3.74. The van der Waals surface area contributed by atoms with Crippen molar-refractivity contribution in [2.24, 2.45) is 0 Å². The van der Waals surface area contributed by atoms with Gasteiger partial charge in [0.15, 0.2) is 0 Å². The van der Waals surface area contributed by atoms with Crippen molar-refractivity contribution in [2.45, 2.75) is 76.4 Å². The Bertz CT molecular complexity index is 404. The highest BCUT2D eigenvalue weighted by molar-refractivity contribution is 5.11. The molecule has 1 saturated heterocycles. The van der Waals surface area contributed by atoms with Crippen LogP contribution in [0.5, 0.6) is 0 Å². The summed E-state index contributed by atoms with van der Waals surface area (Å²) >= 11 is 0. The van der Waals surface area contributed by atoms with Gasteiger partial charge in [-0.3, -0.25) is 0 Å². The molecule has 0 radical (unpaired) electrons. The Kier molecular flexibility index (Phi) is 3.18. The van der Waals surface area contributed by atoms with Crippen LogP contribution in [0.25, 0.3) is 0 Å². The predicted octanol–water partition coefficient (Wildman–Crippen LogP) is 3.38. The molecular formula is C15H25N3. The molecule has 0 bridgehead atoms. The van der Waals surface area contributed by atoms with Crippen LogP contribution in [0.3, 0.4) is 0 Å². The zero-order chi connectivity index (χ0) is 12.6. The molecule has 3 nitrogen and oxygen atoms in total. The van der Waals surface area contributed by atoms with E-state index in [1.807, 2.05) is 0 Å². The Labute approximate surface area is 110 Å². The topological polar surface area (TPSA) is 29.9 Å². The van der Waals surface area contributed by atoms with Crippen LogP contribution in [0.15, 0.2) is 12.5 Å². The number of rotatable bonds is 2. The van der Waals surface area contributed by atoms with Crippen LogP contribution < -0.4 is 5.32 Å². The third-order valence-electron chi connectivity index (χ3n) is 4.90. The van der Waals surface area contributed by atoms with Crippen molar-refractivity contribution in [3.8, 4) is 0 Å². The van der Waals surface area contributed by atoms with Gasteiger partial charge in [-0.1, -0.05) is 12.8 Å². The van der Waals surface area contributed by atoms with E-state index < -0.39 is 0 Å². The molecule has 3 rings (SSSR count). The molecule has 1 aromatic rings. The van der Waals surface area contributed by atoms with E-state index in [9.17, 15) is 0 Å². The van der Waals surface area contributed by atoms with Crippen molar-refractivity contribution < 1.29 is 0 Å². The average Bonchev–Trinajstić information content (AvgIpc) is 2.98. The summed E-state index contributed by atoms with van der Waals surface area (Å²) in [5.74, 6) is 0. The fourth-order valence-electron chi connectivity index (χ4n) is 3.76. The van der Waals surface area contributed by atoms with Gasteiger partial charge < -0.3 is 9.88 Å². The lowest BCUT2D eigenvalue weighted by Crippen LogP contribution is -2.38. The first-order valence-corrected chi connectivity index (χ1v) is 7.48. The third-order valence-corrected chi connectivity index (χ3v) is 4.90. The van der Waals surface area contributed by atoms with Crippen molar-refractivity contribution in [3.05, 3.63) is 18.2 Å². The molecule has 0 aromatic carbocycles. The molecule has 2 fully saturated rings. The number of imidazole rings is 1. The monoisotopic (exact) mass is 247 g/mol. The summed E-state index contributed by atoms with van der Waals surface area (Å²) in [5.41, 5.74) is 1.72. The van der Waals surface area contributed by atoms with Crippen molar-refractivity contribution in [3.63, 3.8) is 0 Å². The van der Waals surface area contributed by atoms with Crippen molar-refractivity contribution >= 4 is 0 Å². The fourth-order valence-corrected chi connectivity index (χ4v) is 3.76. The smallest absolute Gasteiger partial charge is 0.0953 e. The van der Waals surface area contributed by atoms with Crippen molar-refractivity contribution in [1.82, 2.24) is 14.9 Å². The highest BCUT2D eigenvalue weighted by Crippen LogP contribution is 2.38.